The lowest BCUT2D eigenvalue weighted by Gasteiger charge is -2.08. The van der Waals surface area contributed by atoms with Crippen molar-refractivity contribution < 1.29 is 4.79 Å². The SMILES string of the molecule is CC(=O)Cc1cccc(Nc2ncc3ccc4sccc4c3n2)c1. The Balaban J connectivity index is 1.70. The normalized spacial score (nSPS) is 11.0. The lowest BCUT2D eigenvalue weighted by atomic mass is 10.1. The van der Waals surface area contributed by atoms with Crippen molar-refractivity contribution >= 4 is 49.7 Å². The van der Waals surface area contributed by atoms with Gasteiger partial charge < -0.3 is 5.32 Å². The summed E-state index contributed by atoms with van der Waals surface area (Å²) in [6, 6.07) is 14.0. The number of ketones is 1. The van der Waals surface area contributed by atoms with Crippen LogP contribution in [-0.4, -0.2) is 15.8 Å². The zero-order chi connectivity index (χ0) is 16.5. The Kier molecular flexibility index (Phi) is 3.70. The number of aromatic nitrogens is 2. The highest BCUT2D eigenvalue weighted by atomic mass is 32.1. The van der Waals surface area contributed by atoms with Gasteiger partial charge in [-0.15, -0.1) is 11.3 Å². The Morgan fingerprint density at radius 3 is 3.00 bits per heavy atom. The Morgan fingerprint density at radius 2 is 2.12 bits per heavy atom. The fraction of sp³-hybridized carbons (Fsp3) is 0.105. The van der Waals surface area contributed by atoms with E-state index in [1.54, 1.807) is 18.3 Å². The van der Waals surface area contributed by atoms with E-state index in [1.807, 2.05) is 36.5 Å². The van der Waals surface area contributed by atoms with Crippen molar-refractivity contribution in [3.8, 4) is 0 Å². The van der Waals surface area contributed by atoms with Crippen LogP contribution in [0.15, 0.2) is 54.0 Å². The standard InChI is InChI=1S/C19H15N3OS/c1-12(23)9-13-3-2-4-15(10-13)21-19-20-11-14-5-6-17-16(7-8-24-17)18(14)22-19/h2-8,10-11H,9H2,1H3,(H,20,21,22). The molecule has 0 aliphatic carbocycles. The molecular weight excluding hydrogens is 318 g/mol. The second-order valence-electron chi connectivity index (χ2n) is 5.73. The maximum atomic E-state index is 11.3. The van der Waals surface area contributed by atoms with Gasteiger partial charge in [0.2, 0.25) is 5.95 Å². The van der Waals surface area contributed by atoms with Crippen LogP contribution in [0.4, 0.5) is 11.6 Å². The summed E-state index contributed by atoms with van der Waals surface area (Å²) in [7, 11) is 0. The van der Waals surface area contributed by atoms with E-state index in [1.165, 1.54) is 4.70 Å². The molecule has 2 aromatic heterocycles. The minimum atomic E-state index is 0.147. The smallest absolute Gasteiger partial charge is 0.227 e. The maximum absolute atomic E-state index is 11.3. The van der Waals surface area contributed by atoms with Crippen LogP contribution in [0.25, 0.3) is 21.0 Å². The number of thiophene rings is 1. The van der Waals surface area contributed by atoms with E-state index in [-0.39, 0.29) is 5.78 Å². The quantitative estimate of drug-likeness (QED) is 0.587. The number of benzene rings is 2. The van der Waals surface area contributed by atoms with Gasteiger partial charge in [0.25, 0.3) is 0 Å². The highest BCUT2D eigenvalue weighted by molar-refractivity contribution is 7.17. The molecule has 0 unspecified atom stereocenters. The number of carbonyl (C=O) groups is 1. The van der Waals surface area contributed by atoms with Crippen LogP contribution < -0.4 is 5.32 Å². The lowest BCUT2D eigenvalue weighted by Crippen LogP contribution is -2.00. The van der Waals surface area contributed by atoms with Gasteiger partial charge >= 0.3 is 0 Å². The van der Waals surface area contributed by atoms with Gasteiger partial charge in [-0.05, 0) is 48.2 Å². The van der Waals surface area contributed by atoms with Crippen LogP contribution in [-0.2, 0) is 11.2 Å². The van der Waals surface area contributed by atoms with E-state index in [0.29, 0.717) is 12.4 Å². The number of hydrogen-bond acceptors (Lipinski definition) is 5. The number of carbonyl (C=O) groups excluding carboxylic acids is 1. The first-order valence-corrected chi connectivity index (χ1v) is 8.55. The predicted molar refractivity (Wildman–Crippen MR) is 99.0 cm³/mol. The van der Waals surface area contributed by atoms with Crippen molar-refractivity contribution in [3.05, 3.63) is 59.6 Å². The highest BCUT2D eigenvalue weighted by Crippen LogP contribution is 2.28. The van der Waals surface area contributed by atoms with E-state index in [2.05, 4.69) is 32.8 Å². The summed E-state index contributed by atoms with van der Waals surface area (Å²) in [6.07, 6.45) is 2.27. The first-order chi connectivity index (χ1) is 11.7. The third-order valence-electron chi connectivity index (χ3n) is 3.82. The van der Waals surface area contributed by atoms with Gasteiger partial charge in [0.15, 0.2) is 0 Å². The molecule has 0 saturated carbocycles. The number of rotatable bonds is 4. The van der Waals surface area contributed by atoms with Crippen molar-refractivity contribution in [3.63, 3.8) is 0 Å². The molecule has 0 spiro atoms. The average Bonchev–Trinajstić information content (AvgIpc) is 3.03. The van der Waals surface area contributed by atoms with E-state index in [9.17, 15) is 4.79 Å². The number of nitrogens with zero attached hydrogens (tertiary/aromatic N) is 2. The molecule has 0 atom stereocenters. The van der Waals surface area contributed by atoms with Gasteiger partial charge in [-0.3, -0.25) is 4.79 Å². The van der Waals surface area contributed by atoms with Crippen molar-refractivity contribution in [1.29, 1.82) is 0 Å². The molecule has 4 nitrogen and oxygen atoms in total. The number of nitrogens with one attached hydrogen (secondary N) is 1. The lowest BCUT2D eigenvalue weighted by molar-refractivity contribution is -0.116. The van der Waals surface area contributed by atoms with Crippen LogP contribution in [0.1, 0.15) is 12.5 Å². The van der Waals surface area contributed by atoms with E-state index < -0.39 is 0 Å². The molecule has 4 aromatic rings. The number of fused-ring (bicyclic) bond motifs is 3. The van der Waals surface area contributed by atoms with E-state index in [4.69, 9.17) is 0 Å². The molecule has 5 heteroatoms. The summed E-state index contributed by atoms with van der Waals surface area (Å²) < 4.78 is 1.22. The van der Waals surface area contributed by atoms with Gasteiger partial charge in [-0.25, -0.2) is 9.97 Å². The third-order valence-corrected chi connectivity index (χ3v) is 4.70. The molecule has 2 heterocycles. The predicted octanol–water partition coefficient (Wildman–Crippen LogP) is 4.72. The molecule has 0 amide bonds. The third kappa shape index (κ3) is 2.86. The average molecular weight is 333 g/mol. The zero-order valence-electron chi connectivity index (χ0n) is 13.1. The van der Waals surface area contributed by atoms with E-state index >= 15 is 0 Å². The van der Waals surface area contributed by atoms with Crippen LogP contribution in [0, 0.1) is 0 Å². The van der Waals surface area contributed by atoms with Gasteiger partial charge in [0.1, 0.15) is 5.78 Å². The van der Waals surface area contributed by atoms with Gasteiger partial charge in [0.05, 0.1) is 5.52 Å². The highest BCUT2D eigenvalue weighted by Gasteiger charge is 2.06. The largest absolute Gasteiger partial charge is 0.324 e. The topological polar surface area (TPSA) is 54.9 Å². The summed E-state index contributed by atoms with van der Waals surface area (Å²) in [5, 5.41) is 7.48. The summed E-state index contributed by atoms with van der Waals surface area (Å²) in [4.78, 5) is 20.4. The molecule has 0 aliphatic rings. The minimum Gasteiger partial charge on any atom is -0.324 e. The van der Waals surface area contributed by atoms with Gasteiger partial charge in [0, 0.05) is 33.8 Å². The summed E-state index contributed by atoms with van der Waals surface area (Å²) in [5.74, 6) is 0.704. The maximum Gasteiger partial charge on any atom is 0.227 e. The fourth-order valence-electron chi connectivity index (χ4n) is 2.78. The number of anilines is 2. The Hall–Kier alpha value is -2.79. The summed E-state index contributed by atoms with van der Waals surface area (Å²) >= 11 is 1.71. The molecular formula is C19H15N3OS. The van der Waals surface area contributed by atoms with Gasteiger partial charge in [-0.1, -0.05) is 12.1 Å². The molecule has 2 aromatic carbocycles. The molecule has 0 bridgehead atoms. The Morgan fingerprint density at radius 1 is 1.21 bits per heavy atom. The van der Waals surface area contributed by atoms with Crippen LogP contribution in [0.3, 0.4) is 0 Å². The molecule has 118 valence electrons. The first-order valence-electron chi connectivity index (χ1n) is 7.67. The van der Waals surface area contributed by atoms with Gasteiger partial charge in [-0.2, -0.15) is 0 Å². The Bertz CT molecular complexity index is 1050. The second kappa shape index (κ2) is 6.02. The molecule has 0 fully saturated rings. The molecule has 0 radical (unpaired) electrons. The number of Topliss-reactive ketones (excluding diaryl/α,β-unsaturated/α-hetero) is 1. The summed E-state index contributed by atoms with van der Waals surface area (Å²) in [5.41, 5.74) is 2.81. The van der Waals surface area contributed by atoms with Crippen molar-refractivity contribution in [2.45, 2.75) is 13.3 Å². The molecule has 24 heavy (non-hydrogen) atoms. The Labute approximate surface area is 143 Å². The van der Waals surface area contributed by atoms with Crippen LogP contribution in [0.5, 0.6) is 0 Å². The molecule has 0 saturated heterocycles. The first kappa shape index (κ1) is 14.8. The number of hydrogen-bond donors (Lipinski definition) is 1. The summed E-state index contributed by atoms with van der Waals surface area (Å²) in [6.45, 7) is 1.60. The van der Waals surface area contributed by atoms with Crippen molar-refractivity contribution in [1.82, 2.24) is 9.97 Å². The minimum absolute atomic E-state index is 0.147. The van der Waals surface area contributed by atoms with Crippen molar-refractivity contribution in [2.24, 2.45) is 0 Å². The van der Waals surface area contributed by atoms with Crippen LogP contribution in [0.2, 0.25) is 0 Å². The molecule has 4 rings (SSSR count). The second-order valence-corrected chi connectivity index (χ2v) is 6.68. The fourth-order valence-corrected chi connectivity index (χ4v) is 3.56. The van der Waals surface area contributed by atoms with Crippen LogP contribution >= 0.6 is 11.3 Å². The zero-order valence-corrected chi connectivity index (χ0v) is 13.9. The monoisotopic (exact) mass is 333 g/mol. The van der Waals surface area contributed by atoms with Crippen molar-refractivity contribution in [2.75, 3.05) is 5.32 Å². The molecule has 0 aliphatic heterocycles. The molecule has 1 N–H and O–H groups in total. The van der Waals surface area contributed by atoms with E-state index in [0.717, 1.165) is 27.5 Å².